The minimum Gasteiger partial charge on any atom is -0.370 e. The van der Waals surface area contributed by atoms with Crippen molar-refractivity contribution in [1.29, 1.82) is 0 Å². The lowest BCUT2D eigenvalue weighted by atomic mass is 10.2. The van der Waals surface area contributed by atoms with Crippen molar-refractivity contribution in [1.82, 2.24) is 19.8 Å². The molecule has 0 amide bonds. The number of nitrogens with zero attached hydrogens (tertiary/aromatic N) is 6. The predicted octanol–water partition coefficient (Wildman–Crippen LogP) is 1.58. The fraction of sp³-hybridized carbons (Fsp3) is 0.476. The smallest absolute Gasteiger partial charge is 0.225 e. The van der Waals surface area contributed by atoms with E-state index in [1.807, 2.05) is 6.07 Å². The molecule has 0 aliphatic carbocycles. The zero-order chi connectivity index (χ0) is 19.2. The highest BCUT2D eigenvalue weighted by Gasteiger charge is 2.25. The van der Waals surface area contributed by atoms with Gasteiger partial charge < -0.3 is 15.5 Å². The second kappa shape index (κ2) is 9.01. The summed E-state index contributed by atoms with van der Waals surface area (Å²) in [5.74, 6) is 1.46. The third kappa shape index (κ3) is 4.59. The molecule has 7 nitrogen and oxygen atoms in total. The number of aromatic nitrogens is 2. The summed E-state index contributed by atoms with van der Waals surface area (Å²) < 4.78 is 0. The molecule has 2 aliphatic heterocycles. The van der Waals surface area contributed by atoms with Gasteiger partial charge in [-0.2, -0.15) is 0 Å². The number of likely N-dealkylation sites (tertiary alicyclic amines) is 1. The average molecular weight is 380 g/mol. The van der Waals surface area contributed by atoms with Crippen LogP contribution in [-0.4, -0.2) is 71.0 Å². The van der Waals surface area contributed by atoms with Gasteiger partial charge in [-0.3, -0.25) is 9.89 Å². The first-order chi connectivity index (χ1) is 13.8. The van der Waals surface area contributed by atoms with Gasteiger partial charge in [-0.05, 0) is 31.0 Å². The maximum atomic E-state index is 6.32. The van der Waals surface area contributed by atoms with Crippen LogP contribution in [0.4, 0.5) is 5.95 Å². The normalized spacial score (nSPS) is 21.3. The molecule has 148 valence electrons. The Bertz CT molecular complexity index is 757. The van der Waals surface area contributed by atoms with E-state index < -0.39 is 0 Å². The molecule has 1 atom stereocenters. The van der Waals surface area contributed by atoms with Crippen LogP contribution in [0.1, 0.15) is 18.4 Å². The SMILES string of the molecule is NC(=NCC1CCCN1Cc1ccccc1)N1CCN(c2ncccn2)CC1. The first-order valence-electron chi connectivity index (χ1n) is 10.1. The van der Waals surface area contributed by atoms with Crippen LogP contribution in [-0.2, 0) is 6.54 Å². The van der Waals surface area contributed by atoms with Gasteiger partial charge in [0.15, 0.2) is 5.96 Å². The Kier molecular flexibility index (Phi) is 6.01. The van der Waals surface area contributed by atoms with E-state index in [2.05, 4.69) is 55.0 Å². The van der Waals surface area contributed by atoms with Crippen molar-refractivity contribution < 1.29 is 0 Å². The molecule has 4 rings (SSSR count). The molecule has 2 N–H and O–H groups in total. The van der Waals surface area contributed by atoms with E-state index in [9.17, 15) is 0 Å². The number of piperazine rings is 1. The molecule has 1 aromatic carbocycles. The maximum absolute atomic E-state index is 6.32. The van der Waals surface area contributed by atoms with Crippen molar-refractivity contribution in [3.05, 3.63) is 54.4 Å². The number of anilines is 1. The third-order valence-corrected chi connectivity index (χ3v) is 5.63. The van der Waals surface area contributed by atoms with Gasteiger partial charge in [-0.1, -0.05) is 30.3 Å². The predicted molar refractivity (Wildman–Crippen MR) is 112 cm³/mol. The van der Waals surface area contributed by atoms with Gasteiger partial charge in [-0.15, -0.1) is 0 Å². The molecule has 3 heterocycles. The van der Waals surface area contributed by atoms with Crippen LogP contribution in [0.2, 0.25) is 0 Å². The highest BCUT2D eigenvalue weighted by Crippen LogP contribution is 2.20. The molecular weight excluding hydrogens is 350 g/mol. The van der Waals surface area contributed by atoms with Gasteiger partial charge in [-0.25, -0.2) is 9.97 Å². The van der Waals surface area contributed by atoms with Gasteiger partial charge in [0.05, 0.1) is 6.54 Å². The van der Waals surface area contributed by atoms with Gasteiger partial charge in [0.1, 0.15) is 0 Å². The summed E-state index contributed by atoms with van der Waals surface area (Å²) >= 11 is 0. The second-order valence-corrected chi connectivity index (χ2v) is 7.47. The highest BCUT2D eigenvalue weighted by molar-refractivity contribution is 5.78. The lowest BCUT2D eigenvalue weighted by Gasteiger charge is -2.35. The zero-order valence-corrected chi connectivity index (χ0v) is 16.3. The second-order valence-electron chi connectivity index (χ2n) is 7.47. The molecule has 0 saturated carbocycles. The molecule has 2 aromatic rings. The molecule has 0 radical (unpaired) electrons. The molecule has 2 aliphatic rings. The summed E-state index contributed by atoms with van der Waals surface area (Å²) in [5.41, 5.74) is 7.68. The van der Waals surface area contributed by atoms with E-state index in [0.29, 0.717) is 12.0 Å². The van der Waals surface area contributed by atoms with Crippen LogP contribution < -0.4 is 10.6 Å². The largest absolute Gasteiger partial charge is 0.370 e. The van der Waals surface area contributed by atoms with Crippen LogP contribution >= 0.6 is 0 Å². The minimum atomic E-state index is 0.484. The minimum absolute atomic E-state index is 0.484. The van der Waals surface area contributed by atoms with Crippen LogP contribution in [0.3, 0.4) is 0 Å². The molecule has 0 bridgehead atoms. The Morgan fingerprint density at radius 3 is 2.50 bits per heavy atom. The first kappa shape index (κ1) is 18.7. The van der Waals surface area contributed by atoms with Gasteiger partial charge in [0.25, 0.3) is 0 Å². The van der Waals surface area contributed by atoms with Crippen molar-refractivity contribution >= 4 is 11.9 Å². The van der Waals surface area contributed by atoms with E-state index in [0.717, 1.165) is 51.8 Å². The van der Waals surface area contributed by atoms with Crippen LogP contribution in [0.25, 0.3) is 0 Å². The number of rotatable bonds is 5. The molecule has 0 spiro atoms. The summed E-state index contributed by atoms with van der Waals surface area (Å²) in [7, 11) is 0. The number of aliphatic imine (C=N–C) groups is 1. The van der Waals surface area contributed by atoms with Gasteiger partial charge >= 0.3 is 0 Å². The van der Waals surface area contributed by atoms with Crippen LogP contribution in [0.15, 0.2) is 53.8 Å². The topological polar surface area (TPSA) is 73.9 Å². The number of guanidine groups is 1. The summed E-state index contributed by atoms with van der Waals surface area (Å²) in [6.07, 6.45) is 6.01. The molecule has 1 aromatic heterocycles. The van der Waals surface area contributed by atoms with E-state index in [4.69, 9.17) is 10.7 Å². The fourth-order valence-electron chi connectivity index (χ4n) is 4.02. The Labute approximate surface area is 166 Å². The summed E-state index contributed by atoms with van der Waals surface area (Å²) in [6.45, 7) is 6.35. The van der Waals surface area contributed by atoms with Gasteiger partial charge in [0.2, 0.25) is 5.95 Å². The number of nitrogens with two attached hydrogens (primary N) is 1. The maximum Gasteiger partial charge on any atom is 0.225 e. The lowest BCUT2D eigenvalue weighted by molar-refractivity contribution is 0.250. The Hall–Kier alpha value is -2.67. The Balaban J connectivity index is 1.28. The summed E-state index contributed by atoms with van der Waals surface area (Å²) in [5, 5.41) is 0. The molecular formula is C21H29N7. The number of benzene rings is 1. The van der Waals surface area contributed by atoms with E-state index in [1.54, 1.807) is 12.4 Å². The third-order valence-electron chi connectivity index (χ3n) is 5.63. The van der Waals surface area contributed by atoms with Crippen LogP contribution in [0.5, 0.6) is 0 Å². The molecule has 1 unspecified atom stereocenters. The van der Waals surface area contributed by atoms with Crippen LogP contribution in [0, 0.1) is 0 Å². The molecule has 2 fully saturated rings. The van der Waals surface area contributed by atoms with Crippen molar-refractivity contribution in [2.45, 2.75) is 25.4 Å². The Morgan fingerprint density at radius 1 is 1.00 bits per heavy atom. The molecule has 7 heteroatoms. The fourth-order valence-corrected chi connectivity index (χ4v) is 4.02. The van der Waals surface area contributed by atoms with Gasteiger partial charge in [0, 0.05) is 51.2 Å². The van der Waals surface area contributed by atoms with E-state index >= 15 is 0 Å². The lowest BCUT2D eigenvalue weighted by Crippen LogP contribution is -2.51. The van der Waals surface area contributed by atoms with E-state index in [-0.39, 0.29) is 0 Å². The summed E-state index contributed by atoms with van der Waals surface area (Å²) in [4.78, 5) is 20.3. The summed E-state index contributed by atoms with van der Waals surface area (Å²) in [6, 6.07) is 13.0. The van der Waals surface area contributed by atoms with Crippen molar-refractivity contribution in [2.24, 2.45) is 10.7 Å². The molecule has 28 heavy (non-hydrogen) atoms. The average Bonchev–Trinajstić information content (AvgIpc) is 3.20. The number of hydrogen-bond donors (Lipinski definition) is 1. The van der Waals surface area contributed by atoms with Crippen molar-refractivity contribution in [3.63, 3.8) is 0 Å². The monoisotopic (exact) mass is 379 g/mol. The van der Waals surface area contributed by atoms with Crippen molar-refractivity contribution in [3.8, 4) is 0 Å². The van der Waals surface area contributed by atoms with Crippen molar-refractivity contribution in [2.75, 3.05) is 44.2 Å². The van der Waals surface area contributed by atoms with E-state index in [1.165, 1.54) is 18.4 Å². The number of hydrogen-bond acceptors (Lipinski definition) is 5. The first-order valence-corrected chi connectivity index (χ1v) is 10.1. The Morgan fingerprint density at radius 2 is 1.75 bits per heavy atom. The standard InChI is InChI=1S/C21H29N7/c22-20(26-12-14-27(15-13-26)21-23-9-5-10-24-21)25-16-19-8-4-11-28(19)17-18-6-2-1-3-7-18/h1-3,5-7,9-10,19H,4,8,11-17H2,(H2,22,25). The molecule has 2 saturated heterocycles. The zero-order valence-electron chi connectivity index (χ0n) is 16.3. The highest BCUT2D eigenvalue weighted by atomic mass is 15.4. The quantitative estimate of drug-likeness (QED) is 0.628.